The molecule has 2 heterocycles. The van der Waals surface area contributed by atoms with Crippen molar-refractivity contribution in [3.8, 4) is 11.5 Å². The Labute approximate surface area is 160 Å². The Kier molecular flexibility index (Phi) is 5.78. The number of carboxylic acids is 1. The van der Waals surface area contributed by atoms with Crippen LogP contribution in [0.4, 0.5) is 0 Å². The van der Waals surface area contributed by atoms with Crippen LogP contribution in [0.5, 0.6) is 11.5 Å². The van der Waals surface area contributed by atoms with Gasteiger partial charge in [-0.15, -0.1) is 5.10 Å². The largest absolute Gasteiger partial charge is 0.497 e. The van der Waals surface area contributed by atoms with Crippen molar-refractivity contribution in [1.29, 1.82) is 0 Å². The molecular weight excluding hydrogens is 366 g/mol. The maximum absolute atomic E-state index is 11.9. The predicted octanol–water partition coefficient (Wildman–Crippen LogP) is 1.22. The number of benzene rings is 1. The molecule has 0 aliphatic heterocycles. The molecule has 1 aromatic carbocycles. The number of methoxy groups -OCH3 is 2. The second-order valence-electron chi connectivity index (χ2n) is 6.15. The van der Waals surface area contributed by atoms with Crippen LogP contribution in [0, 0.1) is 0 Å². The lowest BCUT2D eigenvalue weighted by Crippen LogP contribution is -2.28. The number of nitrogens with one attached hydrogen (secondary N) is 2. The summed E-state index contributed by atoms with van der Waals surface area (Å²) in [6.07, 6.45) is 2.69. The Hall–Kier alpha value is -3.56. The number of aromatic nitrogens is 4. The lowest BCUT2D eigenvalue weighted by Gasteiger charge is -2.04. The van der Waals surface area contributed by atoms with Gasteiger partial charge in [0, 0.05) is 29.8 Å². The van der Waals surface area contributed by atoms with Crippen LogP contribution in [-0.2, 0) is 17.8 Å². The Morgan fingerprint density at radius 3 is 2.75 bits per heavy atom. The number of hydrogen-bond acceptors (Lipinski definition) is 6. The molecule has 0 atom stereocenters. The van der Waals surface area contributed by atoms with Crippen LogP contribution in [0.1, 0.15) is 22.6 Å². The number of H-pyrrole nitrogens is 1. The highest BCUT2D eigenvalue weighted by Crippen LogP contribution is 2.31. The van der Waals surface area contributed by atoms with Gasteiger partial charge in [-0.25, -0.2) is 9.48 Å². The fourth-order valence-electron chi connectivity index (χ4n) is 2.84. The van der Waals surface area contributed by atoms with Crippen LogP contribution < -0.4 is 14.8 Å². The van der Waals surface area contributed by atoms with E-state index in [1.54, 1.807) is 14.2 Å². The zero-order valence-corrected chi connectivity index (χ0v) is 15.6. The fourth-order valence-corrected chi connectivity index (χ4v) is 2.84. The number of aromatic carboxylic acids is 1. The number of fused-ring (bicyclic) bond motifs is 1. The van der Waals surface area contributed by atoms with E-state index in [0.717, 1.165) is 35.2 Å². The van der Waals surface area contributed by atoms with E-state index in [0.29, 0.717) is 12.3 Å². The molecule has 0 unspecified atom stereocenters. The molecule has 2 aromatic heterocycles. The van der Waals surface area contributed by atoms with Gasteiger partial charge in [0.15, 0.2) is 5.69 Å². The molecule has 0 saturated carbocycles. The molecule has 0 aliphatic carbocycles. The summed E-state index contributed by atoms with van der Waals surface area (Å²) in [5.74, 6) is 0.00651. The summed E-state index contributed by atoms with van der Waals surface area (Å²) in [5, 5.41) is 19.6. The van der Waals surface area contributed by atoms with Gasteiger partial charge in [0.25, 0.3) is 0 Å². The highest BCUT2D eigenvalue weighted by atomic mass is 16.5. The summed E-state index contributed by atoms with van der Waals surface area (Å²) < 4.78 is 11.9. The molecule has 3 N–H and O–H groups in total. The first-order valence-corrected chi connectivity index (χ1v) is 8.64. The second kappa shape index (κ2) is 8.42. The molecule has 148 valence electrons. The monoisotopic (exact) mass is 387 g/mol. The van der Waals surface area contributed by atoms with E-state index in [1.807, 2.05) is 18.2 Å². The molecular formula is C18H21N5O5. The van der Waals surface area contributed by atoms with Gasteiger partial charge in [0.05, 0.1) is 25.9 Å². The molecule has 3 aromatic rings. The van der Waals surface area contributed by atoms with E-state index < -0.39 is 5.97 Å². The van der Waals surface area contributed by atoms with Gasteiger partial charge in [-0.2, -0.15) is 0 Å². The third kappa shape index (κ3) is 4.40. The first-order valence-electron chi connectivity index (χ1n) is 8.64. The Morgan fingerprint density at radius 2 is 2.07 bits per heavy atom. The molecule has 0 fully saturated rings. The van der Waals surface area contributed by atoms with Crippen molar-refractivity contribution >= 4 is 22.8 Å². The number of rotatable bonds is 9. The van der Waals surface area contributed by atoms with Crippen molar-refractivity contribution in [3.05, 3.63) is 35.8 Å². The average Bonchev–Trinajstić information content (AvgIpc) is 3.30. The molecule has 0 radical (unpaired) electrons. The lowest BCUT2D eigenvalue weighted by atomic mass is 10.2. The SMILES string of the molecule is COc1cc(OC)c2cc(CCCNC(=O)Cn3cc(C(=O)O)nn3)[nH]c2c1. The summed E-state index contributed by atoms with van der Waals surface area (Å²) in [5.41, 5.74) is 1.76. The van der Waals surface area contributed by atoms with Crippen molar-refractivity contribution < 1.29 is 24.2 Å². The first-order chi connectivity index (χ1) is 13.5. The van der Waals surface area contributed by atoms with E-state index in [1.165, 1.54) is 10.9 Å². The number of aryl methyl sites for hydroxylation is 1. The van der Waals surface area contributed by atoms with Crippen LogP contribution in [0.3, 0.4) is 0 Å². The van der Waals surface area contributed by atoms with E-state index >= 15 is 0 Å². The Morgan fingerprint density at radius 1 is 1.25 bits per heavy atom. The molecule has 3 rings (SSSR count). The summed E-state index contributed by atoms with van der Waals surface area (Å²) in [7, 11) is 3.22. The number of carbonyl (C=O) groups excluding carboxylic acids is 1. The van der Waals surface area contributed by atoms with Gasteiger partial charge in [0.2, 0.25) is 5.91 Å². The van der Waals surface area contributed by atoms with Gasteiger partial charge in [-0.3, -0.25) is 4.79 Å². The number of hydrogen-bond donors (Lipinski definition) is 3. The quantitative estimate of drug-likeness (QED) is 0.471. The minimum atomic E-state index is -1.18. The molecule has 0 spiro atoms. The third-order valence-corrected chi connectivity index (χ3v) is 4.19. The van der Waals surface area contributed by atoms with Crippen LogP contribution in [0.25, 0.3) is 10.9 Å². The predicted molar refractivity (Wildman–Crippen MR) is 99.7 cm³/mol. The summed E-state index contributed by atoms with van der Waals surface area (Å²) >= 11 is 0. The van der Waals surface area contributed by atoms with Crippen LogP contribution in [0.15, 0.2) is 24.4 Å². The van der Waals surface area contributed by atoms with Gasteiger partial charge in [-0.05, 0) is 18.9 Å². The highest BCUT2D eigenvalue weighted by molar-refractivity contribution is 5.88. The summed E-state index contributed by atoms with van der Waals surface area (Å²) in [6.45, 7) is 0.402. The van der Waals surface area contributed by atoms with E-state index in [2.05, 4.69) is 20.6 Å². The number of amides is 1. The standard InChI is InChI=1S/C18H21N5O5/c1-27-12-7-14-13(16(8-12)28-2)6-11(20-14)4-3-5-19-17(24)10-23-9-15(18(25)26)21-22-23/h6-9,20H,3-5,10H2,1-2H3,(H,19,24)(H,25,26). The minimum Gasteiger partial charge on any atom is -0.497 e. The van der Waals surface area contributed by atoms with Crippen molar-refractivity contribution in [3.63, 3.8) is 0 Å². The first kappa shape index (κ1) is 19.2. The maximum atomic E-state index is 11.9. The van der Waals surface area contributed by atoms with Crippen molar-refractivity contribution in [2.45, 2.75) is 19.4 Å². The van der Waals surface area contributed by atoms with Crippen molar-refractivity contribution in [2.75, 3.05) is 20.8 Å². The number of carboxylic acid groups (broad SMARTS) is 1. The van der Waals surface area contributed by atoms with Gasteiger partial charge in [-0.1, -0.05) is 5.21 Å². The summed E-state index contributed by atoms with van der Waals surface area (Å²) in [6, 6.07) is 5.77. The van der Waals surface area contributed by atoms with E-state index in [-0.39, 0.29) is 18.1 Å². The molecule has 28 heavy (non-hydrogen) atoms. The Balaban J connectivity index is 1.50. The van der Waals surface area contributed by atoms with Gasteiger partial charge >= 0.3 is 5.97 Å². The average molecular weight is 387 g/mol. The fraction of sp³-hybridized carbons (Fsp3) is 0.333. The Bertz CT molecular complexity index is 994. The smallest absolute Gasteiger partial charge is 0.358 e. The van der Waals surface area contributed by atoms with Crippen LogP contribution in [-0.4, -0.2) is 57.7 Å². The number of nitrogens with zero attached hydrogens (tertiary/aromatic N) is 3. The number of ether oxygens (including phenoxy) is 2. The lowest BCUT2D eigenvalue weighted by molar-refractivity contribution is -0.121. The molecule has 0 saturated heterocycles. The normalized spacial score (nSPS) is 10.8. The highest BCUT2D eigenvalue weighted by Gasteiger charge is 2.11. The summed E-state index contributed by atoms with van der Waals surface area (Å²) in [4.78, 5) is 26.0. The molecule has 0 bridgehead atoms. The van der Waals surface area contributed by atoms with E-state index in [4.69, 9.17) is 14.6 Å². The number of aromatic amines is 1. The van der Waals surface area contributed by atoms with Gasteiger partial charge < -0.3 is 24.9 Å². The van der Waals surface area contributed by atoms with Crippen molar-refractivity contribution in [2.24, 2.45) is 0 Å². The third-order valence-electron chi connectivity index (χ3n) is 4.19. The molecule has 10 heteroatoms. The second-order valence-corrected chi connectivity index (χ2v) is 6.15. The van der Waals surface area contributed by atoms with Gasteiger partial charge in [0.1, 0.15) is 18.0 Å². The van der Waals surface area contributed by atoms with E-state index in [9.17, 15) is 9.59 Å². The zero-order chi connectivity index (χ0) is 20.1. The number of carbonyl (C=O) groups is 2. The molecule has 1 amide bonds. The molecule has 10 nitrogen and oxygen atoms in total. The minimum absolute atomic E-state index is 0.0797. The molecule has 0 aliphatic rings. The van der Waals surface area contributed by atoms with Crippen molar-refractivity contribution in [1.82, 2.24) is 25.3 Å². The topological polar surface area (TPSA) is 131 Å². The van der Waals surface area contributed by atoms with Crippen LogP contribution >= 0.6 is 0 Å². The van der Waals surface area contributed by atoms with Crippen LogP contribution in [0.2, 0.25) is 0 Å². The maximum Gasteiger partial charge on any atom is 0.358 e. The zero-order valence-electron chi connectivity index (χ0n) is 15.6.